The van der Waals surface area contributed by atoms with Gasteiger partial charge < -0.3 is 25.2 Å². The van der Waals surface area contributed by atoms with Gasteiger partial charge in [0.1, 0.15) is 0 Å². The number of benzene rings is 4. The van der Waals surface area contributed by atoms with Crippen molar-refractivity contribution < 1.29 is 19.4 Å². The Morgan fingerprint density at radius 2 is 1.59 bits per heavy atom. The first-order valence-electron chi connectivity index (χ1n) is 15.2. The minimum absolute atomic E-state index is 0.00443. The standard InChI is InChI=1S/C35H36N6O4S/c1-41-35(38-39-40-41)46-23-30-19-32(27-13-11-25(22-42)12-14-27)45-33(44-30)28-17-15-26(16-18-28)31-10-6-5-9-29(31)21-37-34(43)36-20-24-7-3-2-4-8-24/h2-18,30,32-33,42H,19-23H2,1H3,(H2,36,37,43)/t30-,32+,33+/m1/s1. The molecule has 1 saturated heterocycles. The Bertz CT molecular complexity index is 1720. The van der Waals surface area contributed by atoms with Crippen LogP contribution >= 0.6 is 11.8 Å². The van der Waals surface area contributed by atoms with Crippen molar-refractivity contribution in [3.05, 3.63) is 131 Å². The van der Waals surface area contributed by atoms with Gasteiger partial charge in [0, 0.05) is 37.9 Å². The molecule has 3 atom stereocenters. The van der Waals surface area contributed by atoms with Gasteiger partial charge in [-0.25, -0.2) is 9.48 Å². The van der Waals surface area contributed by atoms with Crippen molar-refractivity contribution in [3.8, 4) is 11.1 Å². The second kappa shape index (κ2) is 15.2. The van der Waals surface area contributed by atoms with Gasteiger partial charge in [-0.15, -0.1) is 5.10 Å². The molecule has 2 amide bonds. The number of carbonyl (C=O) groups excluding carboxylic acids is 1. The summed E-state index contributed by atoms with van der Waals surface area (Å²) in [4.78, 5) is 12.5. The van der Waals surface area contributed by atoms with E-state index < -0.39 is 6.29 Å². The molecule has 236 valence electrons. The molecule has 1 aliphatic heterocycles. The molecule has 0 saturated carbocycles. The number of nitrogens with one attached hydrogen (secondary N) is 2. The molecular weight excluding hydrogens is 600 g/mol. The van der Waals surface area contributed by atoms with Gasteiger partial charge in [-0.2, -0.15) is 0 Å². The number of hydrogen-bond acceptors (Lipinski definition) is 8. The van der Waals surface area contributed by atoms with Gasteiger partial charge in [0.15, 0.2) is 6.29 Å². The molecule has 46 heavy (non-hydrogen) atoms. The van der Waals surface area contributed by atoms with Crippen molar-refractivity contribution in [1.82, 2.24) is 30.8 Å². The summed E-state index contributed by atoms with van der Waals surface area (Å²) < 4.78 is 14.6. The molecule has 2 heterocycles. The fourth-order valence-electron chi connectivity index (χ4n) is 5.33. The van der Waals surface area contributed by atoms with Crippen LogP contribution in [0.25, 0.3) is 11.1 Å². The number of nitrogens with zero attached hydrogens (tertiary/aromatic N) is 4. The molecule has 5 aromatic rings. The number of tetrazole rings is 1. The fourth-order valence-corrected chi connectivity index (χ4v) is 6.19. The number of amides is 2. The zero-order valence-electron chi connectivity index (χ0n) is 25.5. The van der Waals surface area contributed by atoms with Crippen molar-refractivity contribution in [1.29, 1.82) is 0 Å². The monoisotopic (exact) mass is 636 g/mol. The normalized spacial score (nSPS) is 17.8. The lowest BCUT2D eigenvalue weighted by Gasteiger charge is -2.36. The highest BCUT2D eigenvalue weighted by molar-refractivity contribution is 7.99. The molecule has 4 aromatic carbocycles. The molecule has 0 bridgehead atoms. The molecular formula is C35H36N6O4S. The van der Waals surface area contributed by atoms with Gasteiger partial charge in [-0.05, 0) is 43.8 Å². The van der Waals surface area contributed by atoms with E-state index in [1.807, 2.05) is 92.0 Å². The lowest BCUT2D eigenvalue weighted by molar-refractivity contribution is -0.245. The Kier molecular flexibility index (Phi) is 10.4. The molecule has 10 nitrogen and oxygen atoms in total. The van der Waals surface area contributed by atoms with Crippen molar-refractivity contribution in [2.24, 2.45) is 7.05 Å². The molecule has 0 radical (unpaired) electrons. The van der Waals surface area contributed by atoms with E-state index >= 15 is 0 Å². The Hall–Kier alpha value is -4.55. The summed E-state index contributed by atoms with van der Waals surface area (Å²) in [5, 5.41) is 27.9. The molecule has 6 rings (SSSR count). The molecule has 11 heteroatoms. The Morgan fingerprint density at radius 3 is 2.33 bits per heavy atom. The van der Waals surface area contributed by atoms with E-state index in [1.165, 1.54) is 0 Å². The summed E-state index contributed by atoms with van der Waals surface area (Å²) in [6.07, 6.45) is -0.194. The van der Waals surface area contributed by atoms with E-state index in [4.69, 9.17) is 9.47 Å². The third-order valence-electron chi connectivity index (χ3n) is 7.84. The van der Waals surface area contributed by atoms with Crippen LogP contribution in [-0.4, -0.2) is 43.2 Å². The molecule has 1 aromatic heterocycles. The summed E-state index contributed by atoms with van der Waals surface area (Å²) in [6.45, 7) is 0.854. The maximum Gasteiger partial charge on any atom is 0.315 e. The lowest BCUT2D eigenvalue weighted by atomic mass is 9.98. The predicted octanol–water partition coefficient (Wildman–Crippen LogP) is 5.71. The van der Waals surface area contributed by atoms with E-state index in [9.17, 15) is 9.90 Å². The number of hydrogen-bond donors (Lipinski definition) is 3. The number of aliphatic hydroxyl groups excluding tert-OH is 1. The second-order valence-corrected chi connectivity index (χ2v) is 12.0. The maximum atomic E-state index is 12.5. The number of ether oxygens (including phenoxy) is 2. The molecule has 0 spiro atoms. The quantitative estimate of drug-likeness (QED) is 0.158. The van der Waals surface area contributed by atoms with E-state index in [0.717, 1.165) is 44.1 Å². The number of thioether (sulfide) groups is 1. The number of rotatable bonds is 11. The Labute approximate surface area is 272 Å². The number of aryl methyl sites for hydroxylation is 1. The van der Waals surface area contributed by atoms with E-state index in [0.29, 0.717) is 25.3 Å². The topological polar surface area (TPSA) is 123 Å². The smallest absolute Gasteiger partial charge is 0.315 e. The SMILES string of the molecule is Cn1nnnc1SC[C@H]1C[C@@H](c2ccc(CO)cc2)O[C@@H](c2ccc(-c3ccccc3CNC(=O)NCc3ccccc3)cc2)O1. The highest BCUT2D eigenvalue weighted by Gasteiger charge is 2.32. The van der Waals surface area contributed by atoms with Crippen LogP contribution in [0, 0.1) is 0 Å². The number of aromatic nitrogens is 4. The maximum absolute atomic E-state index is 12.5. The zero-order valence-corrected chi connectivity index (χ0v) is 26.3. The van der Waals surface area contributed by atoms with Crippen LogP contribution in [0.15, 0.2) is 108 Å². The minimum Gasteiger partial charge on any atom is -0.392 e. The Morgan fingerprint density at radius 1 is 0.870 bits per heavy atom. The number of carbonyl (C=O) groups is 1. The third kappa shape index (κ3) is 7.99. The molecule has 0 aliphatic carbocycles. The average molecular weight is 637 g/mol. The highest BCUT2D eigenvalue weighted by atomic mass is 32.2. The fraction of sp³-hybridized carbons (Fsp3) is 0.257. The van der Waals surface area contributed by atoms with E-state index in [-0.39, 0.29) is 24.8 Å². The van der Waals surface area contributed by atoms with Crippen LogP contribution < -0.4 is 10.6 Å². The van der Waals surface area contributed by atoms with Crippen LogP contribution in [-0.2, 0) is 36.2 Å². The molecule has 0 unspecified atom stereocenters. The van der Waals surface area contributed by atoms with Gasteiger partial charge in [0.05, 0.1) is 18.8 Å². The highest BCUT2D eigenvalue weighted by Crippen LogP contribution is 2.39. The second-order valence-electron chi connectivity index (χ2n) is 11.0. The first kappa shape index (κ1) is 31.4. The summed E-state index contributed by atoms with van der Waals surface area (Å²) >= 11 is 1.55. The first-order chi connectivity index (χ1) is 22.6. The van der Waals surface area contributed by atoms with Crippen LogP contribution in [0.4, 0.5) is 4.79 Å². The minimum atomic E-state index is -0.571. The lowest BCUT2D eigenvalue weighted by Crippen LogP contribution is -2.34. The Balaban J connectivity index is 1.14. The summed E-state index contributed by atoms with van der Waals surface area (Å²) in [6, 6.07) is 33.7. The van der Waals surface area contributed by atoms with E-state index in [1.54, 1.807) is 16.4 Å². The van der Waals surface area contributed by atoms with Gasteiger partial charge in [0.2, 0.25) is 5.16 Å². The van der Waals surface area contributed by atoms with Crippen molar-refractivity contribution in [3.63, 3.8) is 0 Å². The van der Waals surface area contributed by atoms with Crippen LogP contribution in [0.2, 0.25) is 0 Å². The number of aliphatic hydroxyl groups is 1. The average Bonchev–Trinajstić information content (AvgIpc) is 3.53. The summed E-state index contributed by atoms with van der Waals surface area (Å²) in [5.41, 5.74) is 6.92. The largest absolute Gasteiger partial charge is 0.392 e. The van der Waals surface area contributed by atoms with Crippen molar-refractivity contribution in [2.45, 2.75) is 49.8 Å². The van der Waals surface area contributed by atoms with Gasteiger partial charge in [-0.3, -0.25) is 0 Å². The first-order valence-corrected chi connectivity index (χ1v) is 16.1. The van der Waals surface area contributed by atoms with Crippen LogP contribution in [0.3, 0.4) is 0 Å². The summed E-state index contributed by atoms with van der Waals surface area (Å²) in [7, 11) is 1.82. The third-order valence-corrected chi connectivity index (χ3v) is 8.98. The zero-order chi connectivity index (χ0) is 31.7. The summed E-state index contributed by atoms with van der Waals surface area (Å²) in [5.74, 6) is 0.663. The van der Waals surface area contributed by atoms with Crippen LogP contribution in [0.5, 0.6) is 0 Å². The van der Waals surface area contributed by atoms with E-state index in [2.05, 4.69) is 44.4 Å². The van der Waals surface area contributed by atoms with Crippen molar-refractivity contribution in [2.75, 3.05) is 5.75 Å². The van der Waals surface area contributed by atoms with Gasteiger partial charge in [-0.1, -0.05) is 115 Å². The number of urea groups is 1. The van der Waals surface area contributed by atoms with Crippen LogP contribution in [0.1, 0.15) is 46.6 Å². The van der Waals surface area contributed by atoms with Gasteiger partial charge in [0.25, 0.3) is 0 Å². The van der Waals surface area contributed by atoms with Gasteiger partial charge >= 0.3 is 6.03 Å². The molecule has 3 N–H and O–H groups in total. The molecule has 1 fully saturated rings. The van der Waals surface area contributed by atoms with Crippen molar-refractivity contribution >= 4 is 17.8 Å². The molecule has 1 aliphatic rings. The predicted molar refractivity (Wildman–Crippen MR) is 175 cm³/mol.